The maximum atomic E-state index is 12.2. The van der Waals surface area contributed by atoms with Gasteiger partial charge in [0.05, 0.1) is 12.6 Å². The molecule has 1 atom stereocenters. The largest absolute Gasteiger partial charge is 0.376 e. The zero-order valence-corrected chi connectivity index (χ0v) is 16.7. The van der Waals surface area contributed by atoms with Crippen molar-refractivity contribution in [2.24, 2.45) is 0 Å². The van der Waals surface area contributed by atoms with E-state index in [9.17, 15) is 4.79 Å². The third kappa shape index (κ3) is 6.75. The molecule has 2 heterocycles. The zero-order chi connectivity index (χ0) is 18.9. The lowest BCUT2D eigenvalue weighted by Gasteiger charge is -2.25. The number of nitrogens with one attached hydrogen (secondary N) is 2. The van der Waals surface area contributed by atoms with E-state index in [0.717, 1.165) is 69.3 Å². The normalized spacial score (nSPS) is 20.9. The van der Waals surface area contributed by atoms with Crippen molar-refractivity contribution in [3.63, 3.8) is 0 Å². The molecule has 1 aromatic rings. The predicted octanol–water partition coefficient (Wildman–Crippen LogP) is 1.36. The van der Waals surface area contributed by atoms with Crippen LogP contribution in [0.1, 0.15) is 24.8 Å². The summed E-state index contributed by atoms with van der Waals surface area (Å²) >= 11 is 5.55. The molecule has 2 N–H and O–H groups in total. The van der Waals surface area contributed by atoms with Crippen LogP contribution in [0, 0.1) is 0 Å². The van der Waals surface area contributed by atoms with Gasteiger partial charge in [0.2, 0.25) is 5.91 Å². The number of carbonyl (C=O) groups excluding carboxylic acids is 1. The lowest BCUT2D eigenvalue weighted by molar-refractivity contribution is -0.122. The Kier molecular flexibility index (Phi) is 7.86. The summed E-state index contributed by atoms with van der Waals surface area (Å²) in [5, 5.41) is 7.16. The van der Waals surface area contributed by atoms with Crippen molar-refractivity contribution < 1.29 is 9.53 Å². The Labute approximate surface area is 167 Å². The van der Waals surface area contributed by atoms with E-state index in [0.29, 0.717) is 19.2 Å². The van der Waals surface area contributed by atoms with Gasteiger partial charge in [-0.3, -0.25) is 9.69 Å². The molecule has 7 heteroatoms. The van der Waals surface area contributed by atoms with Crippen molar-refractivity contribution >= 4 is 23.2 Å². The molecule has 2 saturated heterocycles. The van der Waals surface area contributed by atoms with Crippen LogP contribution >= 0.6 is 12.2 Å². The summed E-state index contributed by atoms with van der Waals surface area (Å²) in [6.07, 6.45) is 3.55. The molecule has 2 aliphatic rings. The monoisotopic (exact) mass is 390 g/mol. The average molecular weight is 391 g/mol. The quantitative estimate of drug-likeness (QED) is 0.716. The van der Waals surface area contributed by atoms with Crippen LogP contribution in [0.3, 0.4) is 0 Å². The molecule has 0 bridgehead atoms. The lowest BCUT2D eigenvalue weighted by Crippen LogP contribution is -2.44. The highest BCUT2D eigenvalue weighted by molar-refractivity contribution is 7.80. The van der Waals surface area contributed by atoms with Gasteiger partial charge in [0.1, 0.15) is 0 Å². The molecule has 27 heavy (non-hydrogen) atoms. The van der Waals surface area contributed by atoms with Gasteiger partial charge in [0.15, 0.2) is 5.11 Å². The molecule has 1 aromatic carbocycles. The van der Waals surface area contributed by atoms with Gasteiger partial charge in [0.25, 0.3) is 0 Å². The zero-order valence-electron chi connectivity index (χ0n) is 15.9. The molecular weight excluding hydrogens is 360 g/mol. The van der Waals surface area contributed by atoms with E-state index in [2.05, 4.69) is 20.4 Å². The molecule has 6 nitrogen and oxygen atoms in total. The van der Waals surface area contributed by atoms with Gasteiger partial charge >= 0.3 is 0 Å². The van der Waals surface area contributed by atoms with Gasteiger partial charge in [-0.05, 0) is 37.0 Å². The third-order valence-corrected chi connectivity index (χ3v) is 5.48. The fourth-order valence-corrected chi connectivity index (χ4v) is 3.77. The van der Waals surface area contributed by atoms with Crippen molar-refractivity contribution in [2.45, 2.75) is 31.9 Å². The number of hydrogen-bond acceptors (Lipinski definition) is 4. The molecule has 148 valence electrons. The summed E-state index contributed by atoms with van der Waals surface area (Å²) in [6, 6.07) is 10.00. The van der Waals surface area contributed by atoms with Crippen LogP contribution in [0.2, 0.25) is 0 Å². The second-order valence-corrected chi connectivity index (χ2v) is 7.59. The van der Waals surface area contributed by atoms with Crippen LogP contribution in [0.5, 0.6) is 0 Å². The number of thiocarbonyl (C=S) groups is 1. The standard InChI is InChI=1S/C20H30N4O2S/c25-19(21-14-17-6-2-1-3-7-17)16-23-9-5-10-24(12-11-23)20(27)22-15-18-8-4-13-26-18/h1-3,6-7,18H,4-5,8-16H2,(H,21,25)(H,22,27). The Balaban J connectivity index is 1.36. The van der Waals surface area contributed by atoms with Crippen molar-refractivity contribution in [1.82, 2.24) is 20.4 Å². The van der Waals surface area contributed by atoms with Crippen LogP contribution in [0.25, 0.3) is 0 Å². The van der Waals surface area contributed by atoms with E-state index < -0.39 is 0 Å². The summed E-state index contributed by atoms with van der Waals surface area (Å²) in [5.74, 6) is 0.0754. The van der Waals surface area contributed by atoms with E-state index >= 15 is 0 Å². The van der Waals surface area contributed by atoms with Gasteiger partial charge in [-0.15, -0.1) is 0 Å². The Morgan fingerprint density at radius 3 is 2.74 bits per heavy atom. The number of carbonyl (C=O) groups is 1. The van der Waals surface area contributed by atoms with Crippen LogP contribution in [-0.2, 0) is 16.1 Å². The predicted molar refractivity (Wildman–Crippen MR) is 110 cm³/mol. The van der Waals surface area contributed by atoms with Crippen LogP contribution in [0.4, 0.5) is 0 Å². The topological polar surface area (TPSA) is 56.8 Å². The first kappa shape index (κ1) is 20.0. The number of nitrogens with zero attached hydrogens (tertiary/aromatic N) is 2. The molecule has 0 aliphatic carbocycles. The van der Waals surface area contributed by atoms with Gasteiger partial charge < -0.3 is 20.3 Å². The first-order chi connectivity index (χ1) is 13.2. The number of benzene rings is 1. The highest BCUT2D eigenvalue weighted by atomic mass is 32.1. The van der Waals surface area contributed by atoms with Crippen LogP contribution < -0.4 is 10.6 Å². The second kappa shape index (κ2) is 10.6. The van der Waals surface area contributed by atoms with Gasteiger partial charge in [-0.25, -0.2) is 0 Å². The fraction of sp³-hybridized carbons (Fsp3) is 0.600. The number of amides is 1. The minimum atomic E-state index is 0.0754. The maximum absolute atomic E-state index is 12.2. The molecule has 0 saturated carbocycles. The van der Waals surface area contributed by atoms with Crippen molar-refractivity contribution in [3.8, 4) is 0 Å². The summed E-state index contributed by atoms with van der Waals surface area (Å²) in [7, 11) is 0. The highest BCUT2D eigenvalue weighted by Crippen LogP contribution is 2.11. The van der Waals surface area contributed by atoms with Crippen molar-refractivity contribution in [3.05, 3.63) is 35.9 Å². The molecule has 0 radical (unpaired) electrons. The second-order valence-electron chi connectivity index (χ2n) is 7.20. The molecule has 1 amide bonds. The summed E-state index contributed by atoms with van der Waals surface area (Å²) in [6.45, 7) is 6.23. The van der Waals surface area contributed by atoms with Gasteiger partial charge in [-0.2, -0.15) is 0 Å². The molecule has 0 spiro atoms. The number of hydrogen-bond donors (Lipinski definition) is 2. The smallest absolute Gasteiger partial charge is 0.234 e. The lowest BCUT2D eigenvalue weighted by atomic mass is 10.2. The van der Waals surface area contributed by atoms with E-state index in [1.165, 1.54) is 0 Å². The molecule has 1 unspecified atom stereocenters. The fourth-order valence-electron chi connectivity index (χ4n) is 3.51. The highest BCUT2D eigenvalue weighted by Gasteiger charge is 2.20. The molecule has 2 fully saturated rings. The minimum absolute atomic E-state index is 0.0754. The number of ether oxygens (including phenoxy) is 1. The van der Waals surface area contributed by atoms with Crippen LogP contribution in [0.15, 0.2) is 30.3 Å². The number of rotatable bonds is 6. The van der Waals surface area contributed by atoms with E-state index in [1.54, 1.807) is 0 Å². The first-order valence-corrected chi connectivity index (χ1v) is 10.3. The first-order valence-electron chi connectivity index (χ1n) is 9.88. The average Bonchev–Trinajstić information content (AvgIpc) is 3.11. The summed E-state index contributed by atoms with van der Waals surface area (Å²) < 4.78 is 5.64. The van der Waals surface area contributed by atoms with E-state index in [1.807, 2.05) is 30.3 Å². The van der Waals surface area contributed by atoms with Crippen molar-refractivity contribution in [2.75, 3.05) is 45.9 Å². The van der Waals surface area contributed by atoms with E-state index in [4.69, 9.17) is 17.0 Å². The summed E-state index contributed by atoms with van der Waals surface area (Å²) in [5.41, 5.74) is 1.12. The third-order valence-electron chi connectivity index (χ3n) is 5.08. The summed E-state index contributed by atoms with van der Waals surface area (Å²) in [4.78, 5) is 16.7. The molecule has 3 rings (SSSR count). The minimum Gasteiger partial charge on any atom is -0.376 e. The van der Waals surface area contributed by atoms with Gasteiger partial charge in [0, 0.05) is 45.9 Å². The SMILES string of the molecule is O=C(CN1CCCN(C(=S)NCC2CCCO2)CC1)NCc1ccccc1. The van der Waals surface area contributed by atoms with Crippen molar-refractivity contribution in [1.29, 1.82) is 0 Å². The Hall–Kier alpha value is -1.70. The Morgan fingerprint density at radius 2 is 1.96 bits per heavy atom. The molecular formula is C20H30N4O2S. The molecule has 2 aliphatic heterocycles. The Bertz CT molecular complexity index is 607. The van der Waals surface area contributed by atoms with Gasteiger partial charge in [-0.1, -0.05) is 30.3 Å². The maximum Gasteiger partial charge on any atom is 0.234 e. The van der Waals surface area contributed by atoms with Crippen LogP contribution in [-0.4, -0.2) is 72.8 Å². The Morgan fingerprint density at radius 1 is 1.11 bits per heavy atom. The van der Waals surface area contributed by atoms with E-state index in [-0.39, 0.29) is 5.91 Å². The molecule has 0 aromatic heterocycles.